The van der Waals surface area contributed by atoms with E-state index in [1.165, 1.54) is 0 Å². The summed E-state index contributed by atoms with van der Waals surface area (Å²) in [5, 5.41) is 2.88. The van der Waals surface area contributed by atoms with Crippen molar-refractivity contribution in [1.82, 2.24) is 5.32 Å². The highest BCUT2D eigenvalue weighted by Gasteiger charge is 2.50. The number of alkyl halides is 2. The maximum atomic E-state index is 11.5. The molecule has 2 nitrogen and oxygen atoms in total. The van der Waals surface area contributed by atoms with Crippen molar-refractivity contribution in [1.29, 1.82) is 0 Å². The molecule has 82 valence electrons. The van der Waals surface area contributed by atoms with Gasteiger partial charge in [-0.05, 0) is 18.8 Å². The molecule has 0 spiro atoms. The van der Waals surface area contributed by atoms with Gasteiger partial charge >= 0.3 is 0 Å². The van der Waals surface area contributed by atoms with Crippen molar-refractivity contribution in [3.05, 3.63) is 0 Å². The molecule has 1 rings (SSSR count). The molecule has 1 N–H and O–H groups in total. The van der Waals surface area contributed by atoms with Crippen LogP contribution in [0.15, 0.2) is 0 Å². The van der Waals surface area contributed by atoms with Crippen LogP contribution in [0.2, 0.25) is 0 Å². The second-order valence-corrected chi connectivity index (χ2v) is 6.50. The van der Waals surface area contributed by atoms with Gasteiger partial charge < -0.3 is 5.32 Å². The van der Waals surface area contributed by atoms with Crippen molar-refractivity contribution >= 4 is 29.1 Å². The lowest BCUT2D eigenvalue weighted by molar-refractivity contribution is -0.128. The van der Waals surface area contributed by atoms with Crippen molar-refractivity contribution in [2.75, 3.05) is 6.54 Å². The van der Waals surface area contributed by atoms with Crippen LogP contribution in [-0.4, -0.2) is 16.8 Å². The standard InChI is InChI=1S/C10H17Cl2NO/c1-9(2,3)8(14)13-5-4-7-6-10(7,11)12/h7H,4-6H2,1-3H3,(H,13,14)/t7-/m1/s1. The number of hydrogen-bond donors (Lipinski definition) is 1. The van der Waals surface area contributed by atoms with Gasteiger partial charge in [0.2, 0.25) is 5.91 Å². The molecule has 4 heteroatoms. The molecule has 0 aromatic rings. The molecule has 0 unspecified atom stereocenters. The molecule has 1 amide bonds. The average Bonchev–Trinajstić information content (AvgIpc) is 2.57. The highest BCUT2D eigenvalue weighted by molar-refractivity contribution is 6.50. The summed E-state index contributed by atoms with van der Waals surface area (Å²) in [6.45, 7) is 6.36. The topological polar surface area (TPSA) is 29.1 Å². The number of carbonyl (C=O) groups is 1. The Kier molecular flexibility index (Phi) is 3.37. The van der Waals surface area contributed by atoms with Crippen LogP contribution in [0.1, 0.15) is 33.6 Å². The molecule has 0 aromatic carbocycles. The van der Waals surface area contributed by atoms with E-state index in [0.717, 1.165) is 12.8 Å². The van der Waals surface area contributed by atoms with E-state index in [-0.39, 0.29) is 11.3 Å². The summed E-state index contributed by atoms with van der Waals surface area (Å²) in [5.41, 5.74) is -0.317. The second-order valence-electron chi connectivity index (χ2n) is 4.96. The van der Waals surface area contributed by atoms with Crippen molar-refractivity contribution in [2.24, 2.45) is 11.3 Å². The summed E-state index contributed by atoms with van der Waals surface area (Å²) >= 11 is 11.7. The van der Waals surface area contributed by atoms with E-state index in [1.807, 2.05) is 20.8 Å². The van der Waals surface area contributed by atoms with Gasteiger partial charge in [-0.15, -0.1) is 23.2 Å². The Bertz CT molecular complexity index is 233. The summed E-state index contributed by atoms with van der Waals surface area (Å²) in [7, 11) is 0. The number of hydrogen-bond acceptors (Lipinski definition) is 1. The molecule has 0 radical (unpaired) electrons. The first-order valence-electron chi connectivity index (χ1n) is 4.89. The van der Waals surface area contributed by atoms with Gasteiger partial charge in [-0.1, -0.05) is 20.8 Å². The molecule has 0 heterocycles. The minimum absolute atomic E-state index is 0.0768. The van der Waals surface area contributed by atoms with Gasteiger partial charge in [0.25, 0.3) is 0 Å². The van der Waals surface area contributed by atoms with Crippen LogP contribution in [0.5, 0.6) is 0 Å². The van der Waals surface area contributed by atoms with Gasteiger partial charge in [0, 0.05) is 12.0 Å². The quantitative estimate of drug-likeness (QED) is 0.752. The number of halogens is 2. The molecule has 1 saturated carbocycles. The monoisotopic (exact) mass is 237 g/mol. The summed E-state index contributed by atoms with van der Waals surface area (Å²) in [6.07, 6.45) is 1.72. The summed E-state index contributed by atoms with van der Waals surface area (Å²) in [6, 6.07) is 0. The van der Waals surface area contributed by atoms with Crippen LogP contribution in [0.4, 0.5) is 0 Å². The lowest BCUT2D eigenvalue weighted by atomic mass is 9.96. The van der Waals surface area contributed by atoms with Gasteiger partial charge in [0.05, 0.1) is 0 Å². The van der Waals surface area contributed by atoms with Crippen LogP contribution < -0.4 is 5.32 Å². The molecule has 1 atom stereocenters. The van der Waals surface area contributed by atoms with Crippen molar-refractivity contribution in [3.63, 3.8) is 0 Å². The zero-order valence-corrected chi connectivity index (χ0v) is 10.4. The van der Waals surface area contributed by atoms with E-state index in [0.29, 0.717) is 12.5 Å². The first kappa shape index (κ1) is 12.1. The first-order valence-corrected chi connectivity index (χ1v) is 5.65. The van der Waals surface area contributed by atoms with E-state index < -0.39 is 4.33 Å². The Morgan fingerprint density at radius 1 is 1.50 bits per heavy atom. The molecule has 1 fully saturated rings. The van der Waals surface area contributed by atoms with Crippen LogP contribution in [0, 0.1) is 11.3 Å². The number of rotatable bonds is 3. The maximum Gasteiger partial charge on any atom is 0.225 e. The summed E-state index contributed by atoms with van der Waals surface area (Å²) in [5.74, 6) is 0.430. The van der Waals surface area contributed by atoms with E-state index >= 15 is 0 Å². The van der Waals surface area contributed by atoms with E-state index in [4.69, 9.17) is 23.2 Å². The highest BCUT2D eigenvalue weighted by Crippen LogP contribution is 2.54. The summed E-state index contributed by atoms with van der Waals surface area (Å²) in [4.78, 5) is 11.5. The number of nitrogens with one attached hydrogen (secondary N) is 1. The second kappa shape index (κ2) is 3.90. The van der Waals surface area contributed by atoms with Gasteiger partial charge in [-0.25, -0.2) is 0 Å². The molecule has 1 aliphatic rings. The average molecular weight is 238 g/mol. The minimum atomic E-state index is -0.521. The van der Waals surface area contributed by atoms with E-state index in [2.05, 4.69) is 5.32 Å². The Hall–Kier alpha value is 0.0500. The smallest absolute Gasteiger partial charge is 0.225 e. The Balaban J connectivity index is 2.14. The highest BCUT2D eigenvalue weighted by atomic mass is 35.5. The molecule has 0 bridgehead atoms. The van der Waals surface area contributed by atoms with Crippen molar-refractivity contribution in [2.45, 2.75) is 37.9 Å². The third kappa shape index (κ3) is 3.32. The normalized spacial score (nSPS) is 24.5. The van der Waals surface area contributed by atoms with Crippen LogP contribution in [0.25, 0.3) is 0 Å². The van der Waals surface area contributed by atoms with Crippen LogP contribution >= 0.6 is 23.2 Å². The predicted octanol–water partition coefficient (Wildman–Crippen LogP) is 2.73. The number of carbonyl (C=O) groups excluding carboxylic acids is 1. The Morgan fingerprint density at radius 2 is 2.00 bits per heavy atom. The molecule has 1 aliphatic carbocycles. The predicted molar refractivity (Wildman–Crippen MR) is 59.6 cm³/mol. The lowest BCUT2D eigenvalue weighted by Crippen LogP contribution is -2.35. The van der Waals surface area contributed by atoms with Gasteiger partial charge in [-0.3, -0.25) is 4.79 Å². The maximum absolute atomic E-state index is 11.5. The van der Waals surface area contributed by atoms with E-state index in [9.17, 15) is 4.79 Å². The molecule has 0 aliphatic heterocycles. The fourth-order valence-corrected chi connectivity index (χ4v) is 1.80. The third-order valence-electron chi connectivity index (χ3n) is 2.42. The minimum Gasteiger partial charge on any atom is -0.356 e. The van der Waals surface area contributed by atoms with Crippen LogP contribution in [-0.2, 0) is 4.79 Å². The Morgan fingerprint density at radius 3 is 2.36 bits per heavy atom. The largest absolute Gasteiger partial charge is 0.356 e. The summed E-state index contributed by atoms with van der Waals surface area (Å²) < 4.78 is -0.521. The number of amides is 1. The van der Waals surface area contributed by atoms with Gasteiger partial charge in [0.15, 0.2) is 0 Å². The fraction of sp³-hybridized carbons (Fsp3) is 0.900. The molecule has 0 saturated heterocycles. The SMILES string of the molecule is CC(C)(C)C(=O)NCC[C@@H]1CC1(Cl)Cl. The lowest BCUT2D eigenvalue weighted by Gasteiger charge is -2.17. The fourth-order valence-electron chi connectivity index (χ4n) is 1.21. The molecule has 0 aromatic heterocycles. The third-order valence-corrected chi connectivity index (χ3v) is 3.34. The van der Waals surface area contributed by atoms with Gasteiger partial charge in [-0.2, -0.15) is 0 Å². The van der Waals surface area contributed by atoms with Crippen LogP contribution in [0.3, 0.4) is 0 Å². The molecule has 14 heavy (non-hydrogen) atoms. The zero-order valence-electron chi connectivity index (χ0n) is 8.86. The van der Waals surface area contributed by atoms with Crippen molar-refractivity contribution < 1.29 is 4.79 Å². The van der Waals surface area contributed by atoms with Crippen molar-refractivity contribution in [3.8, 4) is 0 Å². The van der Waals surface area contributed by atoms with Gasteiger partial charge in [0.1, 0.15) is 4.33 Å². The Labute approximate surface area is 95.3 Å². The zero-order chi connectivity index (χ0) is 11.0. The van der Waals surface area contributed by atoms with E-state index in [1.54, 1.807) is 0 Å². The molecular weight excluding hydrogens is 221 g/mol. The molecular formula is C10H17Cl2NO. The first-order chi connectivity index (χ1) is 6.23.